The number of allylic oxidation sites excluding steroid dienone is 3. The minimum atomic E-state index is -1.87. The van der Waals surface area contributed by atoms with E-state index in [1.807, 2.05) is 49.4 Å². The summed E-state index contributed by atoms with van der Waals surface area (Å²) in [5.74, 6) is -2.32. The van der Waals surface area contributed by atoms with Crippen LogP contribution in [0.3, 0.4) is 0 Å². The molecule has 1 unspecified atom stereocenters. The Kier molecular flexibility index (Phi) is 26.6. The van der Waals surface area contributed by atoms with Gasteiger partial charge in [0.2, 0.25) is 17.7 Å². The van der Waals surface area contributed by atoms with Gasteiger partial charge < -0.3 is 82.4 Å². The summed E-state index contributed by atoms with van der Waals surface area (Å²) in [5, 5.41) is 19.8. The Bertz CT molecular complexity index is 2900. The van der Waals surface area contributed by atoms with Gasteiger partial charge in [-0.1, -0.05) is 90.9 Å². The summed E-state index contributed by atoms with van der Waals surface area (Å²) in [6.07, 6.45) is -0.153. The van der Waals surface area contributed by atoms with E-state index in [4.69, 9.17) is 68.4 Å². The van der Waals surface area contributed by atoms with Crippen molar-refractivity contribution in [2.75, 3.05) is 132 Å². The highest BCUT2D eigenvalue weighted by Crippen LogP contribution is 2.50. The first-order chi connectivity index (χ1) is 42.8. The van der Waals surface area contributed by atoms with E-state index in [9.17, 15) is 33.9 Å². The number of nitrogens with zero attached hydrogens (tertiary/aromatic N) is 2. The van der Waals surface area contributed by atoms with Crippen molar-refractivity contribution >= 4 is 53.2 Å². The number of epoxide rings is 1. The predicted octanol–water partition coefficient (Wildman–Crippen LogP) is 5.66. The van der Waals surface area contributed by atoms with Crippen molar-refractivity contribution in [3.63, 3.8) is 0 Å². The molecule has 2 saturated heterocycles. The van der Waals surface area contributed by atoms with Gasteiger partial charge in [0.05, 0.1) is 118 Å². The molecule has 8 atom stereocenters. The summed E-state index contributed by atoms with van der Waals surface area (Å²) in [6.45, 7) is 10.7. The van der Waals surface area contributed by atoms with Crippen LogP contribution in [0.25, 0.3) is 11.1 Å². The summed E-state index contributed by atoms with van der Waals surface area (Å²) in [4.78, 5) is 81.9. The van der Waals surface area contributed by atoms with Crippen molar-refractivity contribution in [3.8, 4) is 16.9 Å². The van der Waals surface area contributed by atoms with Gasteiger partial charge in [-0.2, -0.15) is 0 Å². The standard InChI is InChI=1S/C64H86ClN5O19/c1-41-14-13-19-53(79-8)64(77)38-52(87-62(76)68-64)42(2)59-63(4,89-59)54(37-57(73)70(6)50-35-44(34-41)36-51(78-7)58(50)65)88-60(74)43(3)69(5)56(72)20-22-80-24-26-82-28-30-84-32-33-85-31-29-83-27-25-81-23-21-66-55(71)39-67-61(75)86-40-49-47-17-11-9-15-45(47)46-16-10-12-18-48(46)49/h9-19,35-36,42-43,49,52-54,59,77H,20-34,37-40H2,1-8H3,(H,66,71)(H,67,75)(H,68,76)/b19-13+,41-14+/t42-,43+,52+,53-,54+,59?,63+,64-/m1/s1. The fourth-order valence-electron chi connectivity index (χ4n) is 10.9. The van der Waals surface area contributed by atoms with Crippen molar-refractivity contribution in [2.24, 2.45) is 5.92 Å². The lowest BCUT2D eigenvalue weighted by Crippen LogP contribution is -2.63. The summed E-state index contributed by atoms with van der Waals surface area (Å²) >= 11 is 6.82. The molecule has 89 heavy (non-hydrogen) atoms. The van der Waals surface area contributed by atoms with Gasteiger partial charge >= 0.3 is 18.2 Å². The molecule has 0 radical (unpaired) electrons. The van der Waals surface area contributed by atoms with E-state index in [0.717, 1.165) is 33.4 Å². The number of amides is 5. The van der Waals surface area contributed by atoms with Crippen LogP contribution in [-0.4, -0.2) is 215 Å². The van der Waals surface area contributed by atoms with Crippen molar-refractivity contribution in [1.82, 2.24) is 20.9 Å². The summed E-state index contributed by atoms with van der Waals surface area (Å²) in [6, 6.07) is 18.6. The summed E-state index contributed by atoms with van der Waals surface area (Å²) in [7, 11) is 5.93. The lowest BCUT2D eigenvalue weighted by molar-refractivity contribution is -0.162. The molecule has 488 valence electrons. The Hall–Kier alpha value is -6.71. The number of rotatable bonds is 30. The molecule has 5 amide bonds. The first kappa shape index (κ1) is 69.8. The van der Waals surface area contributed by atoms with Crippen LogP contribution >= 0.6 is 11.6 Å². The van der Waals surface area contributed by atoms with Crippen LogP contribution in [0.4, 0.5) is 15.3 Å². The van der Waals surface area contributed by atoms with E-state index in [1.165, 1.54) is 38.0 Å². The second-order valence-corrected chi connectivity index (χ2v) is 22.7. The number of nitrogens with one attached hydrogen (secondary N) is 3. The number of carbonyl (C=O) groups excluding carboxylic acids is 6. The molecule has 3 aliphatic heterocycles. The van der Waals surface area contributed by atoms with Crippen molar-refractivity contribution < 1.29 is 90.7 Å². The number of halogens is 1. The van der Waals surface area contributed by atoms with E-state index in [0.29, 0.717) is 70.7 Å². The third kappa shape index (κ3) is 19.4. The van der Waals surface area contributed by atoms with Crippen LogP contribution in [0.5, 0.6) is 5.75 Å². The van der Waals surface area contributed by atoms with E-state index in [1.54, 1.807) is 45.2 Å². The smallest absolute Gasteiger partial charge is 0.409 e. The number of hydrogen-bond donors (Lipinski definition) is 4. The predicted molar refractivity (Wildman–Crippen MR) is 327 cm³/mol. The minimum absolute atomic E-state index is 0.0419. The zero-order chi connectivity index (χ0) is 64.1. The number of methoxy groups -OCH3 is 2. The molecule has 1 aliphatic carbocycles. The Morgan fingerprint density at radius 1 is 0.854 bits per heavy atom. The average molecular weight is 1260 g/mol. The van der Waals surface area contributed by atoms with E-state index in [2.05, 4.69) is 28.1 Å². The molecular formula is C64H86ClN5O19. The molecule has 0 aromatic heterocycles. The summed E-state index contributed by atoms with van der Waals surface area (Å²) in [5.41, 5.74) is 3.38. The largest absolute Gasteiger partial charge is 0.495 e. The highest BCUT2D eigenvalue weighted by Gasteiger charge is 2.64. The molecule has 3 heterocycles. The van der Waals surface area contributed by atoms with Crippen molar-refractivity contribution in [3.05, 3.63) is 106 Å². The Balaban J connectivity index is 0.727. The molecular weight excluding hydrogens is 1180 g/mol. The van der Waals surface area contributed by atoms with Crippen molar-refractivity contribution in [2.45, 2.75) is 101 Å². The molecule has 25 heteroatoms. The number of alkyl carbamates (subject to hydrolysis) is 2. The Labute approximate surface area is 525 Å². The molecule has 4 aliphatic rings. The van der Waals surface area contributed by atoms with Crippen molar-refractivity contribution in [1.29, 1.82) is 0 Å². The zero-order valence-electron chi connectivity index (χ0n) is 52.1. The maximum Gasteiger partial charge on any atom is 0.409 e. The molecule has 4 N–H and O–H groups in total. The number of esters is 1. The molecule has 3 aromatic carbocycles. The number of likely N-dealkylation sites (N-methyl/N-ethyl adjacent to an activating group) is 1. The molecule has 0 spiro atoms. The number of benzene rings is 3. The van der Waals surface area contributed by atoms with Crippen LogP contribution in [0.2, 0.25) is 5.02 Å². The van der Waals surface area contributed by atoms with Gasteiger partial charge in [-0.25, -0.2) is 14.4 Å². The number of aliphatic hydroxyl groups is 1. The zero-order valence-corrected chi connectivity index (χ0v) is 52.8. The summed E-state index contributed by atoms with van der Waals surface area (Å²) < 4.78 is 68.3. The molecule has 0 saturated carbocycles. The topological polar surface area (TPSA) is 279 Å². The molecule has 4 bridgehead atoms. The van der Waals surface area contributed by atoms with Gasteiger partial charge in [0.15, 0.2) is 5.72 Å². The fraction of sp³-hybridized carbons (Fsp3) is 0.562. The molecule has 2 fully saturated rings. The maximum atomic E-state index is 14.3. The molecule has 7 rings (SSSR count). The van der Waals surface area contributed by atoms with E-state index >= 15 is 0 Å². The highest BCUT2D eigenvalue weighted by molar-refractivity contribution is 6.35. The van der Waals surface area contributed by atoms with Gasteiger partial charge in [-0.05, 0) is 67.1 Å². The highest BCUT2D eigenvalue weighted by atomic mass is 35.5. The Morgan fingerprint density at radius 3 is 2.03 bits per heavy atom. The van der Waals surface area contributed by atoms with Gasteiger partial charge in [0.1, 0.15) is 47.3 Å². The van der Waals surface area contributed by atoms with Gasteiger partial charge in [-0.15, -0.1) is 0 Å². The fourth-order valence-corrected chi connectivity index (χ4v) is 11.2. The molecule has 24 nitrogen and oxygen atoms in total. The Morgan fingerprint density at radius 2 is 1.44 bits per heavy atom. The van der Waals surface area contributed by atoms with Gasteiger partial charge in [-0.3, -0.25) is 19.7 Å². The third-order valence-electron chi connectivity index (χ3n) is 16.2. The first-order valence-corrected chi connectivity index (χ1v) is 30.3. The maximum absolute atomic E-state index is 14.3. The van der Waals surface area contributed by atoms with Crippen LogP contribution in [0.15, 0.2) is 84.5 Å². The average Bonchev–Trinajstić information content (AvgIpc) is 1.61. The van der Waals surface area contributed by atoms with Crippen LogP contribution in [0.1, 0.15) is 69.6 Å². The lowest BCUT2D eigenvalue weighted by atomic mass is 9.83. The first-order valence-electron chi connectivity index (χ1n) is 29.9. The number of hydrogen-bond acceptors (Lipinski definition) is 19. The van der Waals surface area contributed by atoms with E-state index in [-0.39, 0.29) is 82.2 Å². The second-order valence-electron chi connectivity index (χ2n) is 22.4. The lowest BCUT2D eigenvalue weighted by Gasteiger charge is -2.42. The van der Waals surface area contributed by atoms with Crippen LogP contribution in [0, 0.1) is 5.92 Å². The number of ether oxygens (including phenoxy) is 12. The minimum Gasteiger partial charge on any atom is -0.495 e. The number of anilines is 1. The number of fused-ring (bicyclic) bond motifs is 8. The van der Waals surface area contributed by atoms with Crippen LogP contribution in [-0.2, 0) is 77.7 Å². The monoisotopic (exact) mass is 1260 g/mol. The van der Waals surface area contributed by atoms with Gasteiger partial charge in [0, 0.05) is 46.0 Å². The quantitative estimate of drug-likeness (QED) is 0.0271. The number of carbonyl (C=O) groups is 6. The van der Waals surface area contributed by atoms with E-state index < -0.39 is 77.7 Å². The SMILES string of the molecule is COc1cc2cc(c1Cl)N(C)C(=O)C[C@H](OC(=O)[C@H](C)N(C)C(=O)CCOCCOCCOCCOCCOCCOCCNC(=O)CNC(=O)OCC1c3ccccc3-c3ccccc31)[C@]1(C)OC1[C@H](C)[C@@H]1C[C@](O)(NC(=O)O1)[C@H](OC)/C=C/C=C(\C)C2. The molecule has 3 aromatic rings. The van der Waals surface area contributed by atoms with Gasteiger partial charge in [0.25, 0.3) is 0 Å². The third-order valence-corrected chi connectivity index (χ3v) is 16.5. The second kappa shape index (κ2) is 33.9. The normalized spacial score (nSPS) is 23.7. The van der Waals surface area contributed by atoms with Crippen LogP contribution < -0.4 is 25.6 Å².